The van der Waals surface area contributed by atoms with E-state index in [1.165, 1.54) is 12.4 Å². The van der Waals surface area contributed by atoms with Crippen LogP contribution in [-0.2, 0) is 4.79 Å². The van der Waals surface area contributed by atoms with Gasteiger partial charge in [-0.2, -0.15) is 9.78 Å². The lowest BCUT2D eigenvalue weighted by Gasteiger charge is -2.08. The fourth-order valence-electron chi connectivity index (χ4n) is 0.382. The van der Waals surface area contributed by atoms with E-state index in [4.69, 9.17) is 10.2 Å². The maximum absolute atomic E-state index is 10.0. The standard InChI is InChI=1S/C5H10O2.C4H4N2O2/c1-5(2,3)4(6)7;7-4(8)6-3-1-2-5-6/h1-3H3,(H,6,7);1-3H,(H,7,8). The van der Waals surface area contributed by atoms with Gasteiger partial charge in [-0.15, -0.1) is 0 Å². The summed E-state index contributed by atoms with van der Waals surface area (Å²) in [6, 6.07) is 1.55. The van der Waals surface area contributed by atoms with Crippen molar-refractivity contribution in [1.29, 1.82) is 0 Å². The monoisotopic (exact) mass is 214 g/mol. The molecule has 84 valence electrons. The molecule has 2 N–H and O–H groups in total. The minimum atomic E-state index is -1.06. The lowest BCUT2D eigenvalue weighted by atomic mass is 9.98. The number of nitrogens with zero attached hydrogens (tertiary/aromatic N) is 2. The van der Waals surface area contributed by atoms with Crippen molar-refractivity contribution >= 4 is 12.1 Å². The van der Waals surface area contributed by atoms with Gasteiger partial charge in [-0.05, 0) is 26.8 Å². The van der Waals surface area contributed by atoms with Crippen LogP contribution in [0.1, 0.15) is 20.8 Å². The topological polar surface area (TPSA) is 92.4 Å². The van der Waals surface area contributed by atoms with E-state index in [-0.39, 0.29) is 0 Å². The second-order valence-electron chi connectivity index (χ2n) is 3.79. The first-order chi connectivity index (χ1) is 6.75. The fourth-order valence-corrected chi connectivity index (χ4v) is 0.382. The van der Waals surface area contributed by atoms with E-state index in [0.717, 1.165) is 4.68 Å². The van der Waals surface area contributed by atoms with Gasteiger partial charge in [0.1, 0.15) is 0 Å². The van der Waals surface area contributed by atoms with Crippen molar-refractivity contribution in [3.8, 4) is 0 Å². The second kappa shape index (κ2) is 5.14. The molecule has 1 aromatic heterocycles. The minimum absolute atomic E-state index is 0.583. The van der Waals surface area contributed by atoms with Gasteiger partial charge in [0.25, 0.3) is 0 Å². The van der Waals surface area contributed by atoms with E-state index < -0.39 is 17.5 Å². The first kappa shape index (κ1) is 13.2. The number of aliphatic carboxylic acids is 1. The average molecular weight is 214 g/mol. The molecular formula is C9H14N2O4. The van der Waals surface area contributed by atoms with Crippen molar-refractivity contribution in [3.05, 3.63) is 18.5 Å². The number of carboxylic acids is 1. The molecule has 15 heavy (non-hydrogen) atoms. The predicted molar refractivity (Wildman–Crippen MR) is 52.7 cm³/mol. The van der Waals surface area contributed by atoms with E-state index in [1.807, 2.05) is 0 Å². The molecule has 1 aromatic rings. The lowest BCUT2D eigenvalue weighted by Crippen LogP contribution is -2.18. The predicted octanol–water partition coefficient (Wildman–Crippen LogP) is 1.53. The Morgan fingerprint density at radius 1 is 1.27 bits per heavy atom. The zero-order chi connectivity index (χ0) is 12.1. The lowest BCUT2D eigenvalue weighted by molar-refractivity contribution is -0.145. The molecule has 0 aliphatic carbocycles. The number of hydrogen-bond acceptors (Lipinski definition) is 3. The Labute approximate surface area is 87.1 Å². The largest absolute Gasteiger partial charge is 0.481 e. The van der Waals surface area contributed by atoms with Gasteiger partial charge < -0.3 is 10.2 Å². The highest BCUT2D eigenvalue weighted by atomic mass is 16.4. The van der Waals surface area contributed by atoms with E-state index in [1.54, 1.807) is 26.8 Å². The van der Waals surface area contributed by atoms with Gasteiger partial charge in [-0.1, -0.05) is 0 Å². The number of carboxylic acid groups (broad SMARTS) is 2. The van der Waals surface area contributed by atoms with Crippen LogP contribution in [0.4, 0.5) is 4.79 Å². The highest BCUT2D eigenvalue weighted by molar-refractivity contribution is 5.72. The molecule has 0 amide bonds. The highest BCUT2D eigenvalue weighted by Crippen LogP contribution is 2.11. The second-order valence-corrected chi connectivity index (χ2v) is 3.79. The smallest absolute Gasteiger partial charge is 0.432 e. The normalized spacial score (nSPS) is 10.1. The maximum Gasteiger partial charge on any atom is 0.432 e. The van der Waals surface area contributed by atoms with Gasteiger partial charge in [0, 0.05) is 12.4 Å². The van der Waals surface area contributed by atoms with Gasteiger partial charge in [0.15, 0.2) is 0 Å². The number of carbonyl (C=O) groups is 2. The number of rotatable bonds is 0. The Morgan fingerprint density at radius 2 is 1.73 bits per heavy atom. The molecule has 6 heteroatoms. The van der Waals surface area contributed by atoms with Crippen molar-refractivity contribution < 1.29 is 19.8 Å². The third kappa shape index (κ3) is 5.45. The van der Waals surface area contributed by atoms with Gasteiger partial charge in [-0.25, -0.2) is 4.79 Å². The summed E-state index contributed by atoms with van der Waals surface area (Å²) in [6.45, 7) is 4.99. The Balaban J connectivity index is 0.000000265. The molecule has 0 aliphatic rings. The van der Waals surface area contributed by atoms with E-state index >= 15 is 0 Å². The molecule has 0 saturated heterocycles. The number of hydrogen-bond donors (Lipinski definition) is 2. The molecule has 6 nitrogen and oxygen atoms in total. The van der Waals surface area contributed by atoms with Gasteiger partial charge in [-0.3, -0.25) is 4.79 Å². The molecule has 0 aromatic carbocycles. The Bertz CT molecular complexity index is 324. The zero-order valence-corrected chi connectivity index (χ0v) is 8.84. The van der Waals surface area contributed by atoms with Crippen LogP contribution < -0.4 is 0 Å². The summed E-state index contributed by atoms with van der Waals surface area (Å²) in [5, 5.41) is 19.9. The third-order valence-corrected chi connectivity index (χ3v) is 1.34. The zero-order valence-electron chi connectivity index (χ0n) is 8.84. The molecule has 0 unspecified atom stereocenters. The summed E-state index contributed by atoms with van der Waals surface area (Å²) in [5.74, 6) is -0.757. The van der Waals surface area contributed by atoms with Crippen molar-refractivity contribution in [3.63, 3.8) is 0 Å². The molecule has 1 heterocycles. The Hall–Kier alpha value is -1.85. The van der Waals surface area contributed by atoms with Crippen molar-refractivity contribution in [2.24, 2.45) is 5.41 Å². The van der Waals surface area contributed by atoms with Crippen molar-refractivity contribution in [2.75, 3.05) is 0 Å². The van der Waals surface area contributed by atoms with Crippen LogP contribution in [0.15, 0.2) is 18.5 Å². The molecule has 0 bridgehead atoms. The van der Waals surface area contributed by atoms with Crippen molar-refractivity contribution in [1.82, 2.24) is 9.78 Å². The van der Waals surface area contributed by atoms with E-state index in [0.29, 0.717) is 0 Å². The summed E-state index contributed by atoms with van der Waals surface area (Å²) in [7, 11) is 0. The van der Waals surface area contributed by atoms with Crippen LogP contribution in [0.3, 0.4) is 0 Å². The third-order valence-electron chi connectivity index (χ3n) is 1.34. The highest BCUT2D eigenvalue weighted by Gasteiger charge is 2.18. The summed E-state index contributed by atoms with van der Waals surface area (Å²) in [4.78, 5) is 20.0. The van der Waals surface area contributed by atoms with Crippen LogP contribution >= 0.6 is 0 Å². The summed E-state index contributed by atoms with van der Waals surface area (Å²) in [6.07, 6.45) is 1.71. The van der Waals surface area contributed by atoms with Crippen LogP contribution in [-0.4, -0.2) is 32.1 Å². The van der Waals surface area contributed by atoms with Gasteiger partial charge in [0.05, 0.1) is 5.41 Å². The first-order valence-corrected chi connectivity index (χ1v) is 4.21. The SMILES string of the molecule is CC(C)(C)C(=O)O.O=C(O)n1cccn1. The molecule has 0 saturated carbocycles. The fraction of sp³-hybridized carbons (Fsp3) is 0.444. The summed E-state index contributed by atoms with van der Waals surface area (Å²) < 4.78 is 0.833. The van der Waals surface area contributed by atoms with Gasteiger partial charge >= 0.3 is 12.1 Å². The molecule has 0 aliphatic heterocycles. The van der Waals surface area contributed by atoms with E-state index in [2.05, 4.69) is 5.10 Å². The molecule has 0 spiro atoms. The van der Waals surface area contributed by atoms with Crippen LogP contribution in [0.25, 0.3) is 0 Å². The van der Waals surface area contributed by atoms with Crippen molar-refractivity contribution in [2.45, 2.75) is 20.8 Å². The molecule has 1 rings (SSSR count). The molecular weight excluding hydrogens is 200 g/mol. The quantitative estimate of drug-likeness (QED) is 0.683. The van der Waals surface area contributed by atoms with Crippen LogP contribution in [0, 0.1) is 5.41 Å². The Kier molecular flexibility index (Phi) is 4.50. The molecule has 0 fully saturated rings. The Morgan fingerprint density at radius 3 is 1.87 bits per heavy atom. The first-order valence-electron chi connectivity index (χ1n) is 4.21. The molecule has 0 atom stereocenters. The summed E-state index contributed by atoms with van der Waals surface area (Å²) in [5.41, 5.74) is -0.583. The summed E-state index contributed by atoms with van der Waals surface area (Å²) >= 11 is 0. The van der Waals surface area contributed by atoms with Crippen LogP contribution in [0.2, 0.25) is 0 Å². The average Bonchev–Trinajstić information content (AvgIpc) is 2.54. The van der Waals surface area contributed by atoms with E-state index in [9.17, 15) is 9.59 Å². The maximum atomic E-state index is 10.0. The van der Waals surface area contributed by atoms with Crippen LogP contribution in [0.5, 0.6) is 0 Å². The minimum Gasteiger partial charge on any atom is -0.481 e. The van der Waals surface area contributed by atoms with Gasteiger partial charge in [0.2, 0.25) is 0 Å². The number of aromatic nitrogens is 2. The molecule has 0 radical (unpaired) electrons.